The average Bonchev–Trinajstić information content (AvgIpc) is 3.05. The van der Waals surface area contributed by atoms with Gasteiger partial charge in [0.2, 0.25) is 5.88 Å². The van der Waals surface area contributed by atoms with E-state index in [2.05, 4.69) is 5.10 Å². The first kappa shape index (κ1) is 19.0. The molecule has 0 spiro atoms. The number of rotatable bonds is 6. The van der Waals surface area contributed by atoms with E-state index in [4.69, 9.17) is 4.74 Å². The first-order valence-electron chi connectivity index (χ1n) is 9.33. The van der Waals surface area contributed by atoms with E-state index in [0.717, 1.165) is 26.7 Å². The van der Waals surface area contributed by atoms with Crippen molar-refractivity contribution in [3.63, 3.8) is 0 Å². The van der Waals surface area contributed by atoms with Gasteiger partial charge in [-0.15, -0.1) is 0 Å². The van der Waals surface area contributed by atoms with Crippen LogP contribution in [0.25, 0.3) is 5.69 Å². The molecule has 0 aliphatic carbocycles. The second kappa shape index (κ2) is 8.80. The number of hydrogen-bond acceptors (Lipinski definition) is 4. The summed E-state index contributed by atoms with van der Waals surface area (Å²) >= 11 is 1.54. The van der Waals surface area contributed by atoms with Crippen LogP contribution in [0.4, 0.5) is 0 Å². The van der Waals surface area contributed by atoms with E-state index in [0.29, 0.717) is 5.88 Å². The number of carbonyl (C=O) groups is 1. The van der Waals surface area contributed by atoms with Crippen molar-refractivity contribution in [1.82, 2.24) is 9.78 Å². The van der Waals surface area contributed by atoms with Crippen LogP contribution in [0.3, 0.4) is 0 Å². The number of nitrogens with zero attached hydrogens (tertiary/aromatic N) is 2. The second-order valence-corrected chi connectivity index (χ2v) is 7.60. The minimum Gasteiger partial charge on any atom is -0.406 e. The number of carbonyl (C=O) groups excluding carboxylic acids is 1. The molecule has 5 heteroatoms. The topological polar surface area (TPSA) is 44.1 Å². The van der Waals surface area contributed by atoms with Crippen molar-refractivity contribution in [2.45, 2.75) is 23.1 Å². The van der Waals surface area contributed by atoms with Gasteiger partial charge < -0.3 is 4.74 Å². The van der Waals surface area contributed by atoms with Crippen molar-refractivity contribution in [2.75, 3.05) is 0 Å². The normalized spacial score (nSPS) is 10.7. The molecule has 4 rings (SSSR count). The summed E-state index contributed by atoms with van der Waals surface area (Å²) in [6.45, 7) is 1.93. The van der Waals surface area contributed by atoms with Crippen molar-refractivity contribution in [1.29, 1.82) is 0 Å². The van der Waals surface area contributed by atoms with Gasteiger partial charge >= 0.3 is 5.97 Å². The smallest absolute Gasteiger partial charge is 0.317 e. The molecule has 0 aliphatic heterocycles. The van der Waals surface area contributed by atoms with Gasteiger partial charge in [0.1, 0.15) is 0 Å². The van der Waals surface area contributed by atoms with Gasteiger partial charge in [0.05, 0.1) is 22.7 Å². The fraction of sp³-hybridized carbons (Fsp3) is 0.0833. The third-order valence-electron chi connectivity index (χ3n) is 4.33. The Morgan fingerprint density at radius 3 is 2.14 bits per heavy atom. The van der Waals surface area contributed by atoms with Gasteiger partial charge in [0.15, 0.2) is 0 Å². The molecule has 0 unspecified atom stereocenters. The lowest BCUT2D eigenvalue weighted by Gasteiger charge is -2.10. The molecule has 4 aromatic rings. The monoisotopic (exact) mass is 400 g/mol. The molecule has 144 valence electrons. The van der Waals surface area contributed by atoms with E-state index < -0.39 is 0 Å². The summed E-state index contributed by atoms with van der Waals surface area (Å²) in [5.41, 5.74) is 2.57. The Bertz CT molecular complexity index is 1090. The molecule has 0 atom stereocenters. The number of aromatic nitrogens is 2. The Morgan fingerprint density at radius 1 is 0.897 bits per heavy atom. The van der Waals surface area contributed by atoms with Gasteiger partial charge in [-0.2, -0.15) is 9.78 Å². The second-order valence-electron chi connectivity index (χ2n) is 6.52. The summed E-state index contributed by atoms with van der Waals surface area (Å²) in [6.07, 6.45) is 0.204. The third-order valence-corrected chi connectivity index (χ3v) is 5.51. The van der Waals surface area contributed by atoms with Crippen LogP contribution in [-0.4, -0.2) is 15.7 Å². The lowest BCUT2D eigenvalue weighted by atomic mass is 10.2. The first-order valence-corrected chi connectivity index (χ1v) is 10.1. The molecule has 0 radical (unpaired) electrons. The van der Waals surface area contributed by atoms with Crippen molar-refractivity contribution in [2.24, 2.45) is 0 Å². The summed E-state index contributed by atoms with van der Waals surface area (Å²) in [6, 6.07) is 29.3. The van der Waals surface area contributed by atoms with Crippen LogP contribution in [0.15, 0.2) is 101 Å². The van der Waals surface area contributed by atoms with E-state index in [9.17, 15) is 4.79 Å². The van der Waals surface area contributed by atoms with Gasteiger partial charge in [-0.3, -0.25) is 4.79 Å². The molecule has 3 aromatic carbocycles. The van der Waals surface area contributed by atoms with Crippen LogP contribution in [0.2, 0.25) is 0 Å². The zero-order valence-corrected chi connectivity index (χ0v) is 16.8. The largest absolute Gasteiger partial charge is 0.406 e. The molecule has 0 fully saturated rings. The Balaban J connectivity index is 1.69. The maximum Gasteiger partial charge on any atom is 0.317 e. The Kier molecular flexibility index (Phi) is 5.77. The molecular weight excluding hydrogens is 380 g/mol. The fourth-order valence-corrected chi connectivity index (χ4v) is 3.89. The SMILES string of the molecule is Cc1nn(-c2ccccc2)c(OC(=O)Cc2ccccc2)c1Sc1ccccc1. The van der Waals surface area contributed by atoms with Crippen LogP contribution in [0, 0.1) is 6.92 Å². The minimum atomic E-state index is -0.316. The van der Waals surface area contributed by atoms with Gasteiger partial charge in [-0.25, -0.2) is 0 Å². The third kappa shape index (κ3) is 4.58. The molecule has 0 aliphatic rings. The standard InChI is InChI=1S/C24H20N2O2S/c1-18-23(29-21-15-9-4-10-16-21)24(26(25-18)20-13-7-3-8-14-20)28-22(27)17-19-11-5-2-6-12-19/h2-16H,17H2,1H3. The molecule has 4 nitrogen and oxygen atoms in total. The van der Waals surface area contributed by atoms with Crippen molar-refractivity contribution < 1.29 is 9.53 Å². The quantitative estimate of drug-likeness (QED) is 0.402. The molecule has 0 amide bonds. The molecule has 0 bridgehead atoms. The Labute approximate surface area is 174 Å². The summed E-state index contributed by atoms with van der Waals surface area (Å²) in [5, 5.41) is 4.66. The maximum atomic E-state index is 12.7. The van der Waals surface area contributed by atoms with Crippen molar-refractivity contribution in [3.8, 4) is 11.6 Å². The zero-order valence-electron chi connectivity index (χ0n) is 16.0. The van der Waals surface area contributed by atoms with E-state index in [1.54, 1.807) is 16.4 Å². The predicted octanol–water partition coefficient (Wildman–Crippen LogP) is 5.48. The molecule has 1 heterocycles. The predicted molar refractivity (Wildman–Crippen MR) is 115 cm³/mol. The van der Waals surface area contributed by atoms with Crippen LogP contribution in [0.5, 0.6) is 5.88 Å². The van der Waals surface area contributed by atoms with Crippen LogP contribution >= 0.6 is 11.8 Å². The number of ether oxygens (including phenoxy) is 1. The van der Waals surface area contributed by atoms with E-state index in [1.807, 2.05) is 97.9 Å². The zero-order chi connectivity index (χ0) is 20.1. The number of esters is 1. The lowest BCUT2D eigenvalue weighted by molar-refractivity contribution is -0.134. The number of benzene rings is 3. The summed E-state index contributed by atoms with van der Waals surface area (Å²) in [5.74, 6) is 0.131. The van der Waals surface area contributed by atoms with Gasteiger partial charge in [-0.05, 0) is 36.8 Å². The summed E-state index contributed by atoms with van der Waals surface area (Å²) in [7, 11) is 0. The lowest BCUT2D eigenvalue weighted by Crippen LogP contribution is -2.14. The van der Waals surface area contributed by atoms with Gasteiger partial charge in [0.25, 0.3) is 0 Å². The maximum absolute atomic E-state index is 12.7. The molecule has 0 saturated carbocycles. The Morgan fingerprint density at radius 2 is 1.48 bits per heavy atom. The highest BCUT2D eigenvalue weighted by Crippen LogP contribution is 2.39. The van der Waals surface area contributed by atoms with Crippen LogP contribution in [0.1, 0.15) is 11.3 Å². The highest BCUT2D eigenvalue weighted by Gasteiger charge is 2.22. The summed E-state index contributed by atoms with van der Waals surface area (Å²) in [4.78, 5) is 14.6. The van der Waals surface area contributed by atoms with Crippen LogP contribution < -0.4 is 4.74 Å². The van der Waals surface area contributed by atoms with Gasteiger partial charge in [-0.1, -0.05) is 78.5 Å². The van der Waals surface area contributed by atoms with Crippen LogP contribution in [-0.2, 0) is 11.2 Å². The van der Waals surface area contributed by atoms with E-state index in [-0.39, 0.29) is 12.4 Å². The number of para-hydroxylation sites is 1. The average molecular weight is 401 g/mol. The van der Waals surface area contributed by atoms with Crippen molar-refractivity contribution in [3.05, 3.63) is 102 Å². The molecule has 1 aromatic heterocycles. The molecule has 0 saturated heterocycles. The highest BCUT2D eigenvalue weighted by atomic mass is 32.2. The minimum absolute atomic E-state index is 0.204. The molecular formula is C24H20N2O2S. The van der Waals surface area contributed by atoms with E-state index >= 15 is 0 Å². The highest BCUT2D eigenvalue weighted by molar-refractivity contribution is 7.99. The summed E-state index contributed by atoms with van der Waals surface area (Å²) < 4.78 is 7.57. The van der Waals surface area contributed by atoms with E-state index in [1.165, 1.54) is 0 Å². The Hall–Kier alpha value is -3.31. The molecule has 0 N–H and O–H groups in total. The fourth-order valence-electron chi connectivity index (χ4n) is 2.96. The van der Waals surface area contributed by atoms with Gasteiger partial charge in [0, 0.05) is 4.90 Å². The van der Waals surface area contributed by atoms with Crippen molar-refractivity contribution >= 4 is 17.7 Å². The number of hydrogen-bond donors (Lipinski definition) is 0. The number of aryl methyl sites for hydroxylation is 1. The molecule has 29 heavy (non-hydrogen) atoms. The first-order chi connectivity index (χ1) is 14.2.